The lowest BCUT2D eigenvalue weighted by Gasteiger charge is -2.24. The number of hydrogen-bond acceptors (Lipinski definition) is 2. The molecule has 0 radical (unpaired) electrons. The summed E-state index contributed by atoms with van der Waals surface area (Å²) in [4.78, 5) is 26.4. The zero-order valence-electron chi connectivity index (χ0n) is 19.4. The van der Waals surface area contributed by atoms with E-state index in [1.807, 2.05) is 48.2 Å². The number of nitrogens with one attached hydrogen (secondary N) is 1. The topological polar surface area (TPSA) is 49.4 Å². The number of urea groups is 1. The van der Waals surface area contributed by atoms with Crippen molar-refractivity contribution in [3.8, 4) is 11.1 Å². The summed E-state index contributed by atoms with van der Waals surface area (Å²) in [5, 5.41) is 3.04. The Hall–Kier alpha value is -3.40. The van der Waals surface area contributed by atoms with Gasteiger partial charge in [0.05, 0.1) is 0 Å². The molecule has 0 saturated heterocycles. The monoisotopic (exact) mass is 428 g/mol. The second kappa shape index (κ2) is 10.8. The number of rotatable bonds is 8. The third-order valence-electron chi connectivity index (χ3n) is 5.62. The van der Waals surface area contributed by atoms with Gasteiger partial charge in [-0.05, 0) is 61.1 Å². The predicted molar refractivity (Wildman–Crippen MR) is 130 cm³/mol. The molecule has 2 amide bonds. The molecule has 0 aliphatic rings. The lowest BCUT2D eigenvalue weighted by atomic mass is 9.92. The van der Waals surface area contributed by atoms with Crippen molar-refractivity contribution in [2.45, 2.75) is 47.2 Å². The molecule has 0 saturated carbocycles. The van der Waals surface area contributed by atoms with E-state index in [0.29, 0.717) is 26.1 Å². The van der Waals surface area contributed by atoms with Crippen LogP contribution in [0, 0.1) is 13.8 Å². The van der Waals surface area contributed by atoms with E-state index in [1.165, 1.54) is 0 Å². The van der Waals surface area contributed by atoms with E-state index < -0.39 is 0 Å². The minimum atomic E-state index is -0.0779. The quantitative estimate of drug-likeness (QED) is 0.490. The number of nitrogens with zero attached hydrogens (tertiary/aromatic N) is 1. The van der Waals surface area contributed by atoms with Crippen LogP contribution in [0.2, 0.25) is 0 Å². The first-order valence-corrected chi connectivity index (χ1v) is 11.1. The van der Waals surface area contributed by atoms with E-state index in [0.717, 1.165) is 38.9 Å². The number of Topliss-reactive ketones (excluding diaryl/α,β-unsaturated/α-hetero) is 1. The first-order valence-electron chi connectivity index (χ1n) is 11.1. The van der Waals surface area contributed by atoms with Gasteiger partial charge in [0.1, 0.15) is 5.78 Å². The molecule has 0 aliphatic heterocycles. The van der Waals surface area contributed by atoms with Crippen molar-refractivity contribution in [1.29, 1.82) is 0 Å². The van der Waals surface area contributed by atoms with Gasteiger partial charge in [0.25, 0.3) is 0 Å². The van der Waals surface area contributed by atoms with Crippen molar-refractivity contribution in [1.82, 2.24) is 10.2 Å². The summed E-state index contributed by atoms with van der Waals surface area (Å²) in [5.41, 5.74) is 7.71. The van der Waals surface area contributed by atoms with Gasteiger partial charge in [-0.1, -0.05) is 72.3 Å². The van der Waals surface area contributed by atoms with Crippen LogP contribution in [0.25, 0.3) is 11.1 Å². The van der Waals surface area contributed by atoms with Gasteiger partial charge in [0, 0.05) is 26.1 Å². The molecule has 0 fully saturated rings. The highest BCUT2D eigenvalue weighted by atomic mass is 16.2. The second-order valence-electron chi connectivity index (χ2n) is 8.35. The van der Waals surface area contributed by atoms with Gasteiger partial charge in [0.15, 0.2) is 0 Å². The number of ketones is 1. The van der Waals surface area contributed by atoms with Crippen LogP contribution in [0.3, 0.4) is 0 Å². The molecule has 4 heteroatoms. The van der Waals surface area contributed by atoms with Crippen LogP contribution in [0.1, 0.15) is 41.7 Å². The summed E-state index contributed by atoms with van der Waals surface area (Å²) in [7, 11) is 0. The van der Waals surface area contributed by atoms with Gasteiger partial charge in [-0.3, -0.25) is 4.79 Å². The van der Waals surface area contributed by atoms with Gasteiger partial charge in [-0.15, -0.1) is 0 Å². The fourth-order valence-corrected chi connectivity index (χ4v) is 3.89. The summed E-state index contributed by atoms with van der Waals surface area (Å²) in [6.07, 6.45) is 0.428. The van der Waals surface area contributed by atoms with Gasteiger partial charge >= 0.3 is 6.03 Å². The Morgan fingerprint density at radius 1 is 0.875 bits per heavy atom. The molecule has 0 aliphatic carbocycles. The summed E-state index contributed by atoms with van der Waals surface area (Å²) < 4.78 is 0. The third-order valence-corrected chi connectivity index (χ3v) is 5.62. The summed E-state index contributed by atoms with van der Waals surface area (Å²) in [6, 6.07) is 22.4. The number of carbonyl (C=O) groups excluding carboxylic acids is 2. The molecule has 0 unspecified atom stereocenters. The van der Waals surface area contributed by atoms with Gasteiger partial charge in [-0.25, -0.2) is 4.79 Å². The second-order valence-corrected chi connectivity index (χ2v) is 8.35. The minimum absolute atomic E-state index is 0.0779. The average Bonchev–Trinajstić information content (AvgIpc) is 2.78. The Morgan fingerprint density at radius 3 is 2.31 bits per heavy atom. The van der Waals surface area contributed by atoms with Crippen molar-refractivity contribution < 1.29 is 9.59 Å². The summed E-state index contributed by atoms with van der Waals surface area (Å²) in [6.45, 7) is 9.39. The van der Waals surface area contributed by atoms with Crippen LogP contribution < -0.4 is 5.32 Å². The normalized spacial score (nSPS) is 10.6. The smallest absolute Gasteiger partial charge is 0.317 e. The molecule has 32 heavy (non-hydrogen) atoms. The van der Waals surface area contributed by atoms with E-state index in [-0.39, 0.29) is 11.8 Å². The van der Waals surface area contributed by atoms with Crippen molar-refractivity contribution in [2.24, 2.45) is 0 Å². The lowest BCUT2D eigenvalue weighted by molar-refractivity contribution is -0.116. The SMILES string of the molecule is CCN(Cc1cc(C)ccc1-c1cc(CC(C)=O)ccc1C)C(=O)NCc1ccccc1. The first kappa shape index (κ1) is 23.3. The molecular weight excluding hydrogens is 396 g/mol. The Kier molecular flexibility index (Phi) is 7.82. The van der Waals surface area contributed by atoms with E-state index in [2.05, 4.69) is 49.5 Å². The van der Waals surface area contributed by atoms with E-state index in [1.54, 1.807) is 6.92 Å². The van der Waals surface area contributed by atoms with E-state index in [9.17, 15) is 9.59 Å². The molecule has 1 N–H and O–H groups in total. The Morgan fingerprint density at radius 2 is 1.62 bits per heavy atom. The van der Waals surface area contributed by atoms with Crippen LogP contribution in [0.5, 0.6) is 0 Å². The molecule has 0 atom stereocenters. The van der Waals surface area contributed by atoms with Crippen molar-refractivity contribution in [3.63, 3.8) is 0 Å². The number of benzene rings is 3. The molecule has 0 aromatic heterocycles. The van der Waals surface area contributed by atoms with Crippen LogP contribution in [-0.4, -0.2) is 23.3 Å². The highest BCUT2D eigenvalue weighted by Crippen LogP contribution is 2.30. The van der Waals surface area contributed by atoms with Gasteiger partial charge in [0.2, 0.25) is 0 Å². The Labute approximate surface area is 191 Å². The van der Waals surface area contributed by atoms with Crippen LogP contribution in [0.15, 0.2) is 66.7 Å². The molecule has 3 aromatic rings. The minimum Gasteiger partial charge on any atom is -0.334 e. The number of carbonyl (C=O) groups is 2. The van der Waals surface area contributed by atoms with Crippen LogP contribution >= 0.6 is 0 Å². The number of amides is 2. The standard InChI is InChI=1S/C28H32N2O2/c1-5-30(28(32)29-18-23-9-7-6-8-10-23)19-25-15-20(2)11-14-26(25)27-17-24(16-22(4)31)13-12-21(27)3/h6-15,17H,5,16,18-19H2,1-4H3,(H,29,32). The van der Waals surface area contributed by atoms with E-state index >= 15 is 0 Å². The first-order chi connectivity index (χ1) is 15.4. The van der Waals surface area contributed by atoms with Crippen molar-refractivity contribution >= 4 is 11.8 Å². The molecule has 0 bridgehead atoms. The lowest BCUT2D eigenvalue weighted by Crippen LogP contribution is -2.39. The predicted octanol–water partition coefficient (Wildman–Crippen LogP) is 5.83. The Balaban J connectivity index is 1.85. The third kappa shape index (κ3) is 6.07. The van der Waals surface area contributed by atoms with Gasteiger partial charge < -0.3 is 10.2 Å². The molecule has 3 rings (SSSR count). The van der Waals surface area contributed by atoms with Gasteiger partial charge in [-0.2, -0.15) is 0 Å². The fraction of sp³-hybridized carbons (Fsp3) is 0.286. The number of hydrogen-bond donors (Lipinski definition) is 1. The molecule has 3 aromatic carbocycles. The van der Waals surface area contributed by atoms with Crippen molar-refractivity contribution in [2.75, 3.05) is 6.54 Å². The summed E-state index contributed by atoms with van der Waals surface area (Å²) in [5.74, 6) is 0.149. The maximum Gasteiger partial charge on any atom is 0.317 e. The molecular formula is C28H32N2O2. The maximum atomic E-state index is 12.9. The molecule has 4 nitrogen and oxygen atoms in total. The highest BCUT2D eigenvalue weighted by molar-refractivity contribution is 5.80. The zero-order valence-corrected chi connectivity index (χ0v) is 19.4. The fourth-order valence-electron chi connectivity index (χ4n) is 3.89. The maximum absolute atomic E-state index is 12.9. The largest absolute Gasteiger partial charge is 0.334 e. The summed E-state index contributed by atoms with van der Waals surface area (Å²) >= 11 is 0. The highest BCUT2D eigenvalue weighted by Gasteiger charge is 2.16. The van der Waals surface area contributed by atoms with Crippen LogP contribution in [0.4, 0.5) is 4.79 Å². The van der Waals surface area contributed by atoms with Crippen LogP contribution in [-0.2, 0) is 24.3 Å². The Bertz CT molecular complexity index is 1090. The molecule has 166 valence electrons. The van der Waals surface area contributed by atoms with Crippen molar-refractivity contribution in [3.05, 3.63) is 94.5 Å². The zero-order chi connectivity index (χ0) is 23.1. The number of aryl methyl sites for hydroxylation is 2. The average molecular weight is 429 g/mol. The molecule has 0 heterocycles. The molecule has 0 spiro atoms. The van der Waals surface area contributed by atoms with E-state index in [4.69, 9.17) is 0 Å².